The highest BCUT2D eigenvalue weighted by atomic mass is 35.5. The molecule has 1 aromatic carbocycles. The van der Waals surface area contributed by atoms with E-state index in [-0.39, 0.29) is 12.3 Å². The molecule has 19 heavy (non-hydrogen) atoms. The number of aromatic hydroxyl groups is 1. The maximum Gasteiger partial charge on any atom is 0.408 e. The molecule has 0 radical (unpaired) electrons. The van der Waals surface area contributed by atoms with Crippen molar-refractivity contribution in [1.82, 2.24) is 5.32 Å². The summed E-state index contributed by atoms with van der Waals surface area (Å²) in [6.07, 6.45) is -0.524. The van der Waals surface area contributed by atoms with Crippen LogP contribution in [-0.4, -0.2) is 23.3 Å². The fraction of sp³-hybridized carbons (Fsp3) is 0.357. The van der Waals surface area contributed by atoms with E-state index in [4.69, 9.17) is 16.3 Å². The van der Waals surface area contributed by atoms with Gasteiger partial charge in [-0.1, -0.05) is 23.4 Å². The standard InChI is InChI=1S/C14H16ClNO3/c1-14(2,3)19-13(18)16-8-4-5-10-9-11(17)6-7-12(10)15/h6-7,9,17H,8H2,1-3H3,(H,16,18). The van der Waals surface area contributed by atoms with Gasteiger partial charge in [-0.05, 0) is 39.0 Å². The van der Waals surface area contributed by atoms with Crippen LogP contribution in [0.4, 0.5) is 4.79 Å². The van der Waals surface area contributed by atoms with Gasteiger partial charge in [0.2, 0.25) is 0 Å². The van der Waals surface area contributed by atoms with E-state index in [1.165, 1.54) is 12.1 Å². The number of alkyl carbamates (subject to hydrolysis) is 1. The van der Waals surface area contributed by atoms with Crippen molar-refractivity contribution in [3.63, 3.8) is 0 Å². The van der Waals surface area contributed by atoms with Crippen LogP contribution in [0.1, 0.15) is 26.3 Å². The molecule has 102 valence electrons. The Morgan fingerprint density at radius 3 is 2.79 bits per heavy atom. The molecular weight excluding hydrogens is 266 g/mol. The van der Waals surface area contributed by atoms with Crippen molar-refractivity contribution in [3.05, 3.63) is 28.8 Å². The summed E-state index contributed by atoms with van der Waals surface area (Å²) < 4.78 is 5.05. The summed E-state index contributed by atoms with van der Waals surface area (Å²) in [4.78, 5) is 11.3. The third-order valence-electron chi connectivity index (χ3n) is 1.89. The molecule has 0 bridgehead atoms. The highest BCUT2D eigenvalue weighted by Gasteiger charge is 2.14. The zero-order chi connectivity index (χ0) is 14.5. The smallest absolute Gasteiger partial charge is 0.408 e. The van der Waals surface area contributed by atoms with Crippen LogP contribution >= 0.6 is 11.6 Å². The Labute approximate surface area is 117 Å². The number of nitrogens with one attached hydrogen (secondary N) is 1. The number of amides is 1. The Hall–Kier alpha value is -1.86. The largest absolute Gasteiger partial charge is 0.508 e. The average Bonchev–Trinajstić information content (AvgIpc) is 2.26. The van der Waals surface area contributed by atoms with Crippen LogP contribution < -0.4 is 5.32 Å². The topological polar surface area (TPSA) is 58.6 Å². The molecule has 0 fully saturated rings. The van der Waals surface area contributed by atoms with Gasteiger partial charge in [0.25, 0.3) is 0 Å². The van der Waals surface area contributed by atoms with Crippen LogP contribution in [0.5, 0.6) is 5.75 Å². The van der Waals surface area contributed by atoms with E-state index in [0.717, 1.165) is 0 Å². The van der Waals surface area contributed by atoms with Crippen LogP contribution in [-0.2, 0) is 4.74 Å². The van der Waals surface area contributed by atoms with Crippen LogP contribution in [0, 0.1) is 11.8 Å². The Balaban J connectivity index is 2.52. The van der Waals surface area contributed by atoms with Crippen molar-refractivity contribution in [3.8, 4) is 17.6 Å². The third-order valence-corrected chi connectivity index (χ3v) is 2.22. The predicted octanol–water partition coefficient (Wildman–Crippen LogP) is 2.92. The van der Waals surface area contributed by atoms with Crippen LogP contribution in [0.25, 0.3) is 0 Å². The first-order valence-corrected chi connectivity index (χ1v) is 6.10. The van der Waals surface area contributed by atoms with E-state index < -0.39 is 11.7 Å². The molecule has 1 aromatic rings. The van der Waals surface area contributed by atoms with Gasteiger partial charge in [0, 0.05) is 5.56 Å². The molecule has 0 spiro atoms. The minimum absolute atomic E-state index is 0.0915. The molecule has 0 aromatic heterocycles. The monoisotopic (exact) mass is 281 g/mol. The number of phenols is 1. The van der Waals surface area contributed by atoms with Gasteiger partial charge in [-0.3, -0.25) is 0 Å². The van der Waals surface area contributed by atoms with E-state index in [1.807, 2.05) is 0 Å². The lowest BCUT2D eigenvalue weighted by Crippen LogP contribution is -2.32. The van der Waals surface area contributed by atoms with Crippen molar-refractivity contribution in [2.45, 2.75) is 26.4 Å². The van der Waals surface area contributed by atoms with Crippen LogP contribution in [0.2, 0.25) is 5.02 Å². The van der Waals surface area contributed by atoms with Crippen molar-refractivity contribution < 1.29 is 14.6 Å². The van der Waals surface area contributed by atoms with Crippen molar-refractivity contribution in [2.75, 3.05) is 6.54 Å². The van der Waals surface area contributed by atoms with Gasteiger partial charge in [-0.2, -0.15) is 0 Å². The van der Waals surface area contributed by atoms with Gasteiger partial charge in [-0.15, -0.1) is 0 Å². The average molecular weight is 282 g/mol. The highest BCUT2D eigenvalue weighted by molar-refractivity contribution is 6.31. The van der Waals surface area contributed by atoms with Gasteiger partial charge >= 0.3 is 6.09 Å². The van der Waals surface area contributed by atoms with Crippen molar-refractivity contribution >= 4 is 17.7 Å². The number of halogens is 1. The fourth-order valence-corrected chi connectivity index (χ4v) is 1.34. The first-order valence-electron chi connectivity index (χ1n) is 5.72. The molecule has 0 saturated carbocycles. The molecule has 1 rings (SSSR count). The minimum atomic E-state index is -0.536. The minimum Gasteiger partial charge on any atom is -0.508 e. The lowest BCUT2D eigenvalue weighted by Gasteiger charge is -2.19. The summed E-state index contributed by atoms with van der Waals surface area (Å²) in [5.41, 5.74) is -0.0286. The second kappa shape index (κ2) is 6.35. The Morgan fingerprint density at radius 2 is 2.16 bits per heavy atom. The molecule has 0 heterocycles. The molecule has 0 atom stereocenters. The normalized spacial score (nSPS) is 10.3. The molecule has 4 nitrogen and oxygen atoms in total. The summed E-state index contributed by atoms with van der Waals surface area (Å²) in [6, 6.07) is 4.50. The number of phenolic OH excluding ortho intramolecular Hbond substituents is 1. The Kier molecular flexibility index (Phi) is 5.08. The lowest BCUT2D eigenvalue weighted by atomic mass is 10.2. The lowest BCUT2D eigenvalue weighted by molar-refractivity contribution is 0.0535. The molecule has 0 aliphatic heterocycles. The molecule has 0 aliphatic rings. The van der Waals surface area contributed by atoms with Gasteiger partial charge < -0.3 is 15.2 Å². The predicted molar refractivity (Wildman–Crippen MR) is 74.2 cm³/mol. The van der Waals surface area contributed by atoms with E-state index in [2.05, 4.69) is 17.2 Å². The second-order valence-electron chi connectivity index (χ2n) is 4.82. The van der Waals surface area contributed by atoms with E-state index >= 15 is 0 Å². The number of carbonyl (C=O) groups is 1. The number of benzene rings is 1. The van der Waals surface area contributed by atoms with Crippen LogP contribution in [0.3, 0.4) is 0 Å². The van der Waals surface area contributed by atoms with Gasteiger partial charge in [0.05, 0.1) is 11.6 Å². The number of rotatable bonds is 1. The van der Waals surface area contributed by atoms with Crippen molar-refractivity contribution in [2.24, 2.45) is 0 Å². The first-order chi connectivity index (χ1) is 8.78. The molecule has 0 saturated heterocycles. The Bertz CT molecular complexity index is 524. The fourth-order valence-electron chi connectivity index (χ4n) is 1.18. The summed E-state index contributed by atoms with van der Waals surface area (Å²) in [6.45, 7) is 5.49. The number of hydrogen-bond acceptors (Lipinski definition) is 3. The SMILES string of the molecule is CC(C)(C)OC(=O)NCC#Cc1cc(O)ccc1Cl. The highest BCUT2D eigenvalue weighted by Crippen LogP contribution is 2.19. The summed E-state index contributed by atoms with van der Waals surface area (Å²) in [5.74, 6) is 5.58. The summed E-state index contributed by atoms with van der Waals surface area (Å²) in [7, 11) is 0. The summed E-state index contributed by atoms with van der Waals surface area (Å²) in [5, 5.41) is 12.2. The van der Waals surface area contributed by atoms with E-state index in [1.54, 1.807) is 26.8 Å². The summed E-state index contributed by atoms with van der Waals surface area (Å²) >= 11 is 5.90. The Morgan fingerprint density at radius 1 is 1.47 bits per heavy atom. The quantitative estimate of drug-likeness (QED) is 0.778. The van der Waals surface area contributed by atoms with E-state index in [0.29, 0.717) is 10.6 Å². The molecular formula is C14H16ClNO3. The zero-order valence-electron chi connectivity index (χ0n) is 11.1. The third kappa shape index (κ3) is 6.03. The van der Waals surface area contributed by atoms with Gasteiger partial charge in [-0.25, -0.2) is 4.79 Å². The maximum absolute atomic E-state index is 11.3. The maximum atomic E-state index is 11.3. The van der Waals surface area contributed by atoms with E-state index in [9.17, 15) is 9.90 Å². The van der Waals surface area contributed by atoms with Gasteiger partial charge in [0.1, 0.15) is 11.4 Å². The molecule has 2 N–H and O–H groups in total. The number of ether oxygens (including phenoxy) is 1. The van der Waals surface area contributed by atoms with Crippen LogP contribution in [0.15, 0.2) is 18.2 Å². The molecule has 1 amide bonds. The molecule has 0 unspecified atom stereocenters. The number of hydrogen-bond donors (Lipinski definition) is 2. The zero-order valence-corrected chi connectivity index (χ0v) is 11.8. The first kappa shape index (κ1) is 15.2. The second-order valence-corrected chi connectivity index (χ2v) is 5.23. The molecule has 5 heteroatoms. The molecule has 0 aliphatic carbocycles. The number of carbonyl (C=O) groups excluding carboxylic acids is 1. The van der Waals surface area contributed by atoms with Crippen molar-refractivity contribution in [1.29, 1.82) is 0 Å². The van der Waals surface area contributed by atoms with Gasteiger partial charge in [0.15, 0.2) is 0 Å².